The molecule has 88 valence electrons. The summed E-state index contributed by atoms with van der Waals surface area (Å²) in [5.74, 6) is 0. The number of carbonyl (C=O) groups is 1. The molecule has 0 radical (unpaired) electrons. The maximum absolute atomic E-state index is 11.5. The fraction of sp³-hybridized carbons (Fsp3) is 0.727. The first-order valence-corrected chi connectivity index (χ1v) is 5.35. The first kappa shape index (κ1) is 14.0. The number of aliphatic hydroxyl groups excluding tert-OH is 1. The number of urea groups is 1. The molecule has 4 heteroatoms. The van der Waals surface area contributed by atoms with Crippen LogP contribution < -0.4 is 5.32 Å². The van der Waals surface area contributed by atoms with E-state index in [0.717, 1.165) is 19.3 Å². The Hall–Kier alpha value is -1.03. The van der Waals surface area contributed by atoms with E-state index in [0.29, 0.717) is 6.54 Å². The SMILES string of the molecule is C=CCCCC(C)NC(=O)N(C)CCO. The highest BCUT2D eigenvalue weighted by Gasteiger charge is 2.10. The van der Waals surface area contributed by atoms with Crippen molar-refractivity contribution in [3.8, 4) is 0 Å². The lowest BCUT2D eigenvalue weighted by Crippen LogP contribution is -2.42. The minimum Gasteiger partial charge on any atom is -0.395 e. The van der Waals surface area contributed by atoms with Crippen LogP contribution >= 0.6 is 0 Å². The minimum absolute atomic E-state index is 0.00519. The van der Waals surface area contributed by atoms with Crippen LogP contribution in [-0.4, -0.2) is 42.3 Å². The first-order chi connectivity index (χ1) is 7.11. The molecule has 0 saturated carbocycles. The monoisotopic (exact) mass is 214 g/mol. The third kappa shape index (κ3) is 6.96. The van der Waals surface area contributed by atoms with Crippen LogP contribution in [0.15, 0.2) is 12.7 Å². The standard InChI is InChI=1S/C11H22N2O2/c1-4-5-6-7-10(2)12-11(15)13(3)8-9-14/h4,10,14H,1,5-9H2,2-3H3,(H,12,15). The van der Waals surface area contributed by atoms with Crippen LogP contribution in [0.1, 0.15) is 26.2 Å². The summed E-state index contributed by atoms with van der Waals surface area (Å²) in [7, 11) is 1.67. The molecule has 0 aliphatic heterocycles. The lowest BCUT2D eigenvalue weighted by molar-refractivity contribution is 0.187. The second kappa shape index (κ2) is 8.29. The van der Waals surface area contributed by atoms with Crippen molar-refractivity contribution in [2.75, 3.05) is 20.2 Å². The van der Waals surface area contributed by atoms with E-state index in [1.807, 2.05) is 13.0 Å². The van der Waals surface area contributed by atoms with Crippen molar-refractivity contribution >= 4 is 6.03 Å². The molecule has 0 aromatic heterocycles. The summed E-state index contributed by atoms with van der Waals surface area (Å²) >= 11 is 0. The average molecular weight is 214 g/mol. The number of rotatable bonds is 7. The van der Waals surface area contributed by atoms with Gasteiger partial charge in [0.1, 0.15) is 0 Å². The van der Waals surface area contributed by atoms with Crippen molar-refractivity contribution in [2.45, 2.75) is 32.2 Å². The Kier molecular flexibility index (Phi) is 7.72. The molecule has 0 aliphatic carbocycles. The predicted octanol–water partition coefficient (Wildman–Crippen LogP) is 1.36. The highest BCUT2D eigenvalue weighted by molar-refractivity contribution is 5.74. The van der Waals surface area contributed by atoms with E-state index >= 15 is 0 Å². The molecule has 0 aromatic carbocycles. The lowest BCUT2D eigenvalue weighted by atomic mass is 10.1. The van der Waals surface area contributed by atoms with Gasteiger partial charge in [-0.3, -0.25) is 0 Å². The van der Waals surface area contributed by atoms with Gasteiger partial charge in [0.15, 0.2) is 0 Å². The second-order valence-electron chi connectivity index (χ2n) is 3.72. The van der Waals surface area contributed by atoms with Crippen molar-refractivity contribution in [2.24, 2.45) is 0 Å². The third-order valence-corrected chi connectivity index (χ3v) is 2.20. The molecule has 4 nitrogen and oxygen atoms in total. The van der Waals surface area contributed by atoms with Gasteiger partial charge in [-0.05, 0) is 26.2 Å². The second-order valence-corrected chi connectivity index (χ2v) is 3.72. The molecule has 0 fully saturated rings. The van der Waals surface area contributed by atoms with Crippen molar-refractivity contribution in [1.82, 2.24) is 10.2 Å². The van der Waals surface area contributed by atoms with Crippen LogP contribution in [-0.2, 0) is 0 Å². The molecule has 0 rings (SSSR count). The van der Waals surface area contributed by atoms with Gasteiger partial charge in [-0.25, -0.2) is 4.79 Å². The van der Waals surface area contributed by atoms with Gasteiger partial charge in [0.25, 0.3) is 0 Å². The molecule has 1 atom stereocenters. The molecule has 2 N–H and O–H groups in total. The summed E-state index contributed by atoms with van der Waals surface area (Å²) in [6.45, 7) is 5.99. The van der Waals surface area contributed by atoms with Crippen molar-refractivity contribution in [3.05, 3.63) is 12.7 Å². The van der Waals surface area contributed by atoms with Crippen LogP contribution in [0.2, 0.25) is 0 Å². The molecule has 0 aromatic rings. The number of carbonyl (C=O) groups excluding carboxylic acids is 1. The highest BCUT2D eigenvalue weighted by Crippen LogP contribution is 2.01. The highest BCUT2D eigenvalue weighted by atomic mass is 16.3. The van der Waals surface area contributed by atoms with Crippen LogP contribution in [0.25, 0.3) is 0 Å². The summed E-state index contributed by atoms with van der Waals surface area (Å²) in [4.78, 5) is 12.9. The smallest absolute Gasteiger partial charge is 0.317 e. The summed E-state index contributed by atoms with van der Waals surface area (Å²) in [5.41, 5.74) is 0. The molecule has 0 spiro atoms. The lowest BCUT2D eigenvalue weighted by Gasteiger charge is -2.20. The van der Waals surface area contributed by atoms with E-state index in [1.165, 1.54) is 4.90 Å². The number of likely N-dealkylation sites (N-methyl/N-ethyl adjacent to an activating group) is 1. The molecular weight excluding hydrogens is 192 g/mol. The van der Waals surface area contributed by atoms with Gasteiger partial charge in [-0.2, -0.15) is 0 Å². The number of allylic oxidation sites excluding steroid dienone is 1. The molecule has 0 aliphatic rings. The fourth-order valence-electron chi connectivity index (χ4n) is 1.21. The normalized spacial score (nSPS) is 11.9. The number of hydrogen-bond donors (Lipinski definition) is 2. The minimum atomic E-state index is -0.129. The molecular formula is C11H22N2O2. The summed E-state index contributed by atoms with van der Waals surface area (Å²) in [6.07, 6.45) is 4.85. The number of amides is 2. The van der Waals surface area contributed by atoms with Crippen LogP contribution in [0.5, 0.6) is 0 Å². The van der Waals surface area contributed by atoms with Crippen LogP contribution in [0, 0.1) is 0 Å². The Bertz CT molecular complexity index is 195. The molecule has 1 unspecified atom stereocenters. The van der Waals surface area contributed by atoms with Gasteiger partial charge in [-0.1, -0.05) is 6.08 Å². The zero-order valence-corrected chi connectivity index (χ0v) is 9.70. The van der Waals surface area contributed by atoms with Crippen LogP contribution in [0.3, 0.4) is 0 Å². The number of unbranched alkanes of at least 4 members (excludes halogenated alkanes) is 1. The van der Waals surface area contributed by atoms with Gasteiger partial charge in [0.2, 0.25) is 0 Å². The van der Waals surface area contributed by atoms with E-state index < -0.39 is 0 Å². The van der Waals surface area contributed by atoms with Gasteiger partial charge < -0.3 is 15.3 Å². The Morgan fingerprint density at radius 3 is 2.87 bits per heavy atom. The molecule has 0 bridgehead atoms. The van der Waals surface area contributed by atoms with Gasteiger partial charge in [0, 0.05) is 19.6 Å². The van der Waals surface area contributed by atoms with Crippen molar-refractivity contribution in [1.29, 1.82) is 0 Å². The summed E-state index contributed by atoms with van der Waals surface area (Å²) in [5, 5.41) is 11.5. The quantitative estimate of drug-likeness (QED) is 0.496. The van der Waals surface area contributed by atoms with E-state index in [-0.39, 0.29) is 18.7 Å². The molecule has 0 heterocycles. The summed E-state index contributed by atoms with van der Waals surface area (Å²) < 4.78 is 0. The predicted molar refractivity (Wildman–Crippen MR) is 61.8 cm³/mol. The largest absolute Gasteiger partial charge is 0.395 e. The Balaban J connectivity index is 3.69. The first-order valence-electron chi connectivity index (χ1n) is 5.35. The fourth-order valence-corrected chi connectivity index (χ4v) is 1.21. The number of hydrogen-bond acceptors (Lipinski definition) is 2. The zero-order valence-electron chi connectivity index (χ0n) is 9.70. The average Bonchev–Trinajstić information content (AvgIpc) is 2.18. The summed E-state index contributed by atoms with van der Waals surface area (Å²) in [6, 6.07) is 0.0359. The van der Waals surface area contributed by atoms with Crippen LogP contribution in [0.4, 0.5) is 4.79 Å². The van der Waals surface area contributed by atoms with Gasteiger partial charge in [-0.15, -0.1) is 6.58 Å². The topological polar surface area (TPSA) is 52.6 Å². The molecule has 2 amide bonds. The van der Waals surface area contributed by atoms with Gasteiger partial charge in [0.05, 0.1) is 6.61 Å². The van der Waals surface area contributed by atoms with E-state index in [1.54, 1.807) is 7.05 Å². The van der Waals surface area contributed by atoms with E-state index in [4.69, 9.17) is 5.11 Å². The van der Waals surface area contributed by atoms with Gasteiger partial charge >= 0.3 is 6.03 Å². The maximum atomic E-state index is 11.5. The van der Waals surface area contributed by atoms with E-state index in [9.17, 15) is 4.79 Å². The molecule has 15 heavy (non-hydrogen) atoms. The number of nitrogens with one attached hydrogen (secondary N) is 1. The third-order valence-electron chi connectivity index (χ3n) is 2.20. The Labute approximate surface area is 92.0 Å². The Morgan fingerprint density at radius 1 is 1.67 bits per heavy atom. The Morgan fingerprint density at radius 2 is 2.33 bits per heavy atom. The van der Waals surface area contributed by atoms with E-state index in [2.05, 4.69) is 11.9 Å². The molecule has 0 saturated heterocycles. The number of nitrogens with zero attached hydrogens (tertiary/aromatic N) is 1. The zero-order chi connectivity index (χ0) is 11.7. The number of aliphatic hydroxyl groups is 1. The van der Waals surface area contributed by atoms with Crippen molar-refractivity contribution < 1.29 is 9.90 Å². The maximum Gasteiger partial charge on any atom is 0.317 e. The van der Waals surface area contributed by atoms with Crippen molar-refractivity contribution in [3.63, 3.8) is 0 Å².